The fourth-order valence-electron chi connectivity index (χ4n) is 4.96. The molecule has 1 aliphatic carbocycles. The molecule has 1 saturated carbocycles. The Hall–Kier alpha value is -1.90. The van der Waals surface area contributed by atoms with Crippen molar-refractivity contribution in [3.05, 3.63) is 24.0 Å². The molecule has 176 valence electrons. The maximum Gasteiger partial charge on any atom is 0.258 e. The molecule has 1 amide bonds. The molecule has 2 aromatic rings. The first-order valence-electron chi connectivity index (χ1n) is 12.1. The highest BCUT2D eigenvalue weighted by molar-refractivity contribution is 6.76. The first-order chi connectivity index (χ1) is 15.3. The molecule has 0 bridgehead atoms. The van der Waals surface area contributed by atoms with E-state index in [1.54, 1.807) is 6.20 Å². The van der Waals surface area contributed by atoms with Gasteiger partial charge in [0.1, 0.15) is 12.4 Å². The lowest BCUT2D eigenvalue weighted by atomic mass is 9.85. The number of carbonyl (C=O) groups is 1. The molecule has 3 heterocycles. The predicted molar refractivity (Wildman–Crippen MR) is 133 cm³/mol. The molecule has 0 spiro atoms. The minimum Gasteiger partial charge on any atom is -0.361 e. The molecular weight excluding hydrogens is 418 g/mol. The van der Waals surface area contributed by atoms with Crippen LogP contribution in [0.4, 0.5) is 5.69 Å². The minimum absolute atomic E-state index is 0.0860. The third kappa shape index (κ3) is 4.72. The molecule has 8 heteroatoms. The number of nitrogens with two attached hydrogens (primary N) is 1. The summed E-state index contributed by atoms with van der Waals surface area (Å²) in [5, 5.41) is 1.06. The lowest BCUT2D eigenvalue weighted by molar-refractivity contribution is 0.0741. The molecule has 2 aromatic heterocycles. The highest BCUT2D eigenvalue weighted by Crippen LogP contribution is 2.39. The Labute approximate surface area is 192 Å². The summed E-state index contributed by atoms with van der Waals surface area (Å²) in [4.78, 5) is 22.2. The van der Waals surface area contributed by atoms with Gasteiger partial charge in [-0.2, -0.15) is 0 Å². The minimum atomic E-state index is -1.11. The Kier molecular flexibility index (Phi) is 6.93. The molecule has 2 aliphatic rings. The molecule has 0 saturated heterocycles. The number of carbonyl (C=O) groups excluding carboxylic acids is 1. The maximum absolute atomic E-state index is 13.1. The van der Waals surface area contributed by atoms with Gasteiger partial charge in [-0.15, -0.1) is 0 Å². The van der Waals surface area contributed by atoms with Gasteiger partial charge in [0.25, 0.3) is 5.91 Å². The molecule has 0 unspecified atom stereocenters. The van der Waals surface area contributed by atoms with E-state index >= 15 is 0 Å². The van der Waals surface area contributed by atoms with Crippen LogP contribution in [0, 0.1) is 5.92 Å². The fourth-order valence-corrected chi connectivity index (χ4v) is 5.72. The Bertz CT molecular complexity index is 946. The van der Waals surface area contributed by atoms with Gasteiger partial charge in [0, 0.05) is 45.0 Å². The second-order valence-electron chi connectivity index (χ2n) is 10.6. The van der Waals surface area contributed by atoms with Crippen molar-refractivity contribution in [3.63, 3.8) is 0 Å². The number of aromatic nitrogens is 2. The van der Waals surface area contributed by atoms with E-state index in [-0.39, 0.29) is 5.91 Å². The maximum atomic E-state index is 13.1. The quantitative estimate of drug-likeness (QED) is 0.477. The fraction of sp³-hybridized carbons (Fsp3) is 0.667. The van der Waals surface area contributed by atoms with Crippen LogP contribution in [0.2, 0.25) is 25.7 Å². The molecule has 0 atom stereocenters. The summed E-state index contributed by atoms with van der Waals surface area (Å²) in [5.74, 6) is 0.717. The summed E-state index contributed by atoms with van der Waals surface area (Å²) in [5.41, 5.74) is 8.61. The van der Waals surface area contributed by atoms with Crippen molar-refractivity contribution in [1.82, 2.24) is 14.5 Å². The third-order valence-corrected chi connectivity index (χ3v) is 8.79. The van der Waals surface area contributed by atoms with Crippen LogP contribution in [-0.2, 0) is 11.5 Å². The summed E-state index contributed by atoms with van der Waals surface area (Å²) in [7, 11) is -1.11. The Morgan fingerprint density at radius 3 is 2.62 bits per heavy atom. The highest BCUT2D eigenvalue weighted by atomic mass is 28.3. The van der Waals surface area contributed by atoms with Gasteiger partial charge in [0.15, 0.2) is 0 Å². The zero-order valence-corrected chi connectivity index (χ0v) is 21.1. The van der Waals surface area contributed by atoms with Gasteiger partial charge in [-0.3, -0.25) is 4.79 Å². The Morgan fingerprint density at radius 2 is 1.97 bits per heavy atom. The molecule has 0 radical (unpaired) electrons. The number of pyridine rings is 1. The van der Waals surface area contributed by atoms with Crippen LogP contribution >= 0.6 is 0 Å². The van der Waals surface area contributed by atoms with E-state index in [1.165, 1.54) is 0 Å². The van der Waals surface area contributed by atoms with Gasteiger partial charge >= 0.3 is 0 Å². The van der Waals surface area contributed by atoms with E-state index in [4.69, 9.17) is 15.5 Å². The van der Waals surface area contributed by atoms with Crippen molar-refractivity contribution in [2.75, 3.05) is 31.3 Å². The molecule has 1 fully saturated rings. The smallest absolute Gasteiger partial charge is 0.258 e. The normalized spacial score (nSPS) is 22.0. The molecule has 4 rings (SSSR count). The summed E-state index contributed by atoms with van der Waals surface area (Å²) in [6.45, 7) is 12.5. The van der Waals surface area contributed by atoms with Crippen LogP contribution in [0.1, 0.15) is 43.0 Å². The zero-order chi connectivity index (χ0) is 22.9. The van der Waals surface area contributed by atoms with E-state index < -0.39 is 8.07 Å². The van der Waals surface area contributed by atoms with E-state index in [2.05, 4.69) is 35.2 Å². The summed E-state index contributed by atoms with van der Waals surface area (Å²) in [6.07, 6.45) is 8.39. The molecule has 0 aromatic carbocycles. The van der Waals surface area contributed by atoms with Crippen molar-refractivity contribution < 1.29 is 9.53 Å². The number of ether oxygens (including phenoxy) is 1. The van der Waals surface area contributed by atoms with Gasteiger partial charge in [0.2, 0.25) is 0 Å². The molecule has 7 nitrogen and oxygen atoms in total. The second kappa shape index (κ2) is 9.53. The topological polar surface area (TPSA) is 76.6 Å². The molecular formula is C24H39N5O2Si. The van der Waals surface area contributed by atoms with Gasteiger partial charge in [-0.05, 0) is 57.2 Å². The lowest BCUT2D eigenvalue weighted by Gasteiger charge is -2.44. The predicted octanol–water partition coefficient (Wildman–Crippen LogP) is 4.11. The van der Waals surface area contributed by atoms with Crippen LogP contribution in [0.25, 0.3) is 11.0 Å². The van der Waals surface area contributed by atoms with E-state index in [0.717, 1.165) is 67.2 Å². The second-order valence-corrected chi connectivity index (χ2v) is 16.2. The van der Waals surface area contributed by atoms with Gasteiger partial charge in [-0.25, -0.2) is 4.98 Å². The summed E-state index contributed by atoms with van der Waals surface area (Å²) < 4.78 is 8.06. The van der Waals surface area contributed by atoms with Crippen LogP contribution in [0.15, 0.2) is 18.5 Å². The average molecular weight is 458 g/mol. The zero-order valence-electron chi connectivity index (χ0n) is 20.1. The number of anilines is 1. The van der Waals surface area contributed by atoms with Crippen molar-refractivity contribution in [3.8, 4) is 0 Å². The largest absolute Gasteiger partial charge is 0.361 e. The first-order valence-corrected chi connectivity index (χ1v) is 15.8. The van der Waals surface area contributed by atoms with E-state index in [9.17, 15) is 4.79 Å². The highest BCUT2D eigenvalue weighted by Gasteiger charge is 2.36. The number of amides is 1. The number of rotatable bonds is 8. The first kappa shape index (κ1) is 23.3. The van der Waals surface area contributed by atoms with Crippen LogP contribution in [0.5, 0.6) is 0 Å². The number of hydrogen-bond donors (Lipinski definition) is 1. The van der Waals surface area contributed by atoms with Crippen molar-refractivity contribution >= 4 is 30.7 Å². The summed E-state index contributed by atoms with van der Waals surface area (Å²) in [6, 6.07) is 3.69. The molecule has 32 heavy (non-hydrogen) atoms. The van der Waals surface area contributed by atoms with Gasteiger partial charge in [0.05, 0.1) is 17.9 Å². The van der Waals surface area contributed by atoms with E-state index in [0.29, 0.717) is 31.9 Å². The Balaban J connectivity index is 1.62. The number of fused-ring (bicyclic) bond motifs is 3. The van der Waals surface area contributed by atoms with Crippen molar-refractivity contribution in [2.24, 2.45) is 11.7 Å². The number of hydrogen-bond acceptors (Lipinski definition) is 5. The van der Waals surface area contributed by atoms with Crippen molar-refractivity contribution in [2.45, 2.75) is 71.1 Å². The average Bonchev–Trinajstić information content (AvgIpc) is 3.20. The summed E-state index contributed by atoms with van der Waals surface area (Å²) >= 11 is 0. The molecule has 2 N–H and O–H groups in total. The van der Waals surface area contributed by atoms with Crippen LogP contribution in [0.3, 0.4) is 0 Å². The van der Waals surface area contributed by atoms with Crippen LogP contribution < -0.4 is 10.6 Å². The SMILES string of the molecule is CCN1CN([C@H]2CC[C@H](CN)CC2)c2c(cnc3c2ccn3COCC[Si](C)(C)C)C1=O. The standard InChI is InChI=1S/C24H39N5O2Si/c1-5-27-16-29(19-8-6-18(14-25)7-9-19)22-20-10-11-28(17-31-12-13-32(2,3)4)23(20)26-15-21(22)24(27)30/h10-11,15,18-19H,5-9,12-14,16-17,25H2,1-4H3/t18-,19-. The monoisotopic (exact) mass is 457 g/mol. The van der Waals surface area contributed by atoms with Crippen LogP contribution in [-0.4, -0.2) is 60.8 Å². The lowest BCUT2D eigenvalue weighted by Crippen LogP contribution is -2.51. The van der Waals surface area contributed by atoms with Gasteiger partial charge < -0.3 is 24.8 Å². The van der Waals surface area contributed by atoms with Gasteiger partial charge in [-0.1, -0.05) is 19.6 Å². The third-order valence-electron chi connectivity index (χ3n) is 7.09. The van der Waals surface area contributed by atoms with Crippen molar-refractivity contribution in [1.29, 1.82) is 0 Å². The number of nitrogens with zero attached hydrogens (tertiary/aromatic N) is 4. The Morgan fingerprint density at radius 1 is 1.22 bits per heavy atom. The van der Waals surface area contributed by atoms with E-state index in [1.807, 2.05) is 18.0 Å². The molecule has 1 aliphatic heterocycles.